The van der Waals surface area contributed by atoms with E-state index in [2.05, 4.69) is 20.9 Å². The normalized spacial score (nSPS) is 10.9. The topological polar surface area (TPSA) is 88.4 Å². The predicted octanol–water partition coefficient (Wildman–Crippen LogP) is 4.19. The second-order valence-electron chi connectivity index (χ2n) is 6.61. The maximum absolute atomic E-state index is 12.3. The van der Waals surface area contributed by atoms with Crippen LogP contribution in [-0.4, -0.2) is 27.8 Å². The van der Waals surface area contributed by atoms with E-state index < -0.39 is 0 Å². The quantitative estimate of drug-likeness (QED) is 0.460. The van der Waals surface area contributed by atoms with Crippen molar-refractivity contribution in [1.82, 2.24) is 15.2 Å². The zero-order valence-electron chi connectivity index (χ0n) is 16.9. The fourth-order valence-electron chi connectivity index (χ4n) is 2.97. The van der Waals surface area contributed by atoms with Crippen LogP contribution < -0.4 is 10.7 Å². The maximum atomic E-state index is 12.3. The predicted molar refractivity (Wildman–Crippen MR) is 118 cm³/mol. The van der Waals surface area contributed by atoms with Crippen LogP contribution in [0.1, 0.15) is 44.6 Å². The van der Waals surface area contributed by atoms with Crippen molar-refractivity contribution in [2.24, 2.45) is 5.10 Å². The fraction of sp³-hybridized carbons (Fsp3) is 0.182. The first-order valence-corrected chi connectivity index (χ1v) is 9.81. The second-order valence-corrected chi connectivity index (χ2v) is 7.02. The molecule has 1 heterocycles. The van der Waals surface area contributed by atoms with Crippen molar-refractivity contribution in [3.8, 4) is 0 Å². The molecule has 2 N–H and O–H groups in total. The molecule has 0 bridgehead atoms. The number of nitrogens with one attached hydrogen (secondary N) is 2. The van der Waals surface area contributed by atoms with E-state index in [1.54, 1.807) is 54.7 Å². The molecule has 0 spiro atoms. The third kappa shape index (κ3) is 4.75. The first-order valence-electron chi connectivity index (χ1n) is 9.44. The number of aromatic nitrogens is 2. The minimum absolute atomic E-state index is 0.319. The van der Waals surface area contributed by atoms with E-state index in [1.807, 2.05) is 25.5 Å². The average molecular weight is 424 g/mol. The third-order valence-electron chi connectivity index (χ3n) is 4.62. The van der Waals surface area contributed by atoms with Crippen LogP contribution in [0.4, 0.5) is 5.69 Å². The van der Waals surface area contributed by atoms with Gasteiger partial charge in [0.15, 0.2) is 0 Å². The van der Waals surface area contributed by atoms with Crippen LogP contribution in [-0.2, 0) is 6.54 Å². The van der Waals surface area contributed by atoms with Gasteiger partial charge in [0.2, 0.25) is 0 Å². The maximum Gasteiger partial charge on any atom is 0.271 e. The molecule has 0 atom stereocenters. The van der Waals surface area contributed by atoms with E-state index >= 15 is 0 Å². The Hall–Kier alpha value is -3.45. The van der Waals surface area contributed by atoms with Crippen LogP contribution in [0.15, 0.2) is 53.6 Å². The van der Waals surface area contributed by atoms with Crippen LogP contribution in [0.25, 0.3) is 0 Å². The highest BCUT2D eigenvalue weighted by Crippen LogP contribution is 2.17. The summed E-state index contributed by atoms with van der Waals surface area (Å²) in [6.45, 7) is 6.65. The summed E-state index contributed by atoms with van der Waals surface area (Å²) >= 11 is 6.04. The number of carbonyl (C=O) groups excluding carboxylic acids is 2. The van der Waals surface area contributed by atoms with Gasteiger partial charge in [0.1, 0.15) is 0 Å². The highest BCUT2D eigenvalue weighted by atomic mass is 35.5. The van der Waals surface area contributed by atoms with Crippen LogP contribution >= 0.6 is 11.6 Å². The zero-order valence-corrected chi connectivity index (χ0v) is 17.7. The number of hydrogen-bond acceptors (Lipinski definition) is 4. The van der Waals surface area contributed by atoms with Gasteiger partial charge in [-0.2, -0.15) is 10.2 Å². The molecule has 0 fully saturated rings. The summed E-state index contributed by atoms with van der Waals surface area (Å²) in [4.78, 5) is 24.6. The number of benzene rings is 2. The van der Waals surface area contributed by atoms with Crippen molar-refractivity contribution >= 4 is 35.3 Å². The molecule has 3 aromatic rings. The molecule has 0 radical (unpaired) electrons. The monoisotopic (exact) mass is 423 g/mol. The molecule has 0 saturated carbocycles. The second kappa shape index (κ2) is 9.37. The van der Waals surface area contributed by atoms with Crippen molar-refractivity contribution in [1.29, 1.82) is 0 Å². The lowest BCUT2D eigenvalue weighted by atomic mass is 10.1. The van der Waals surface area contributed by atoms with E-state index in [1.165, 1.54) is 0 Å². The Bertz CT molecular complexity index is 1100. The van der Waals surface area contributed by atoms with Crippen molar-refractivity contribution in [3.63, 3.8) is 0 Å². The molecule has 2 amide bonds. The summed E-state index contributed by atoms with van der Waals surface area (Å²) < 4.78 is 1.88. The lowest BCUT2D eigenvalue weighted by molar-refractivity contribution is 0.0954. The van der Waals surface area contributed by atoms with Gasteiger partial charge in [-0.1, -0.05) is 23.7 Å². The van der Waals surface area contributed by atoms with Gasteiger partial charge in [-0.15, -0.1) is 0 Å². The summed E-state index contributed by atoms with van der Waals surface area (Å²) in [7, 11) is 0. The molecule has 3 rings (SSSR count). The van der Waals surface area contributed by atoms with Gasteiger partial charge < -0.3 is 5.32 Å². The van der Waals surface area contributed by atoms with E-state index in [4.69, 9.17) is 11.6 Å². The number of amides is 2. The van der Waals surface area contributed by atoms with Gasteiger partial charge in [-0.05, 0) is 57.2 Å². The smallest absolute Gasteiger partial charge is 0.271 e. The number of halogens is 1. The van der Waals surface area contributed by atoms with E-state index in [0.29, 0.717) is 21.8 Å². The molecule has 30 heavy (non-hydrogen) atoms. The number of nitrogens with zero attached hydrogens (tertiary/aromatic N) is 3. The molecule has 0 aliphatic heterocycles. The minimum atomic E-state index is -0.353. The Morgan fingerprint density at radius 1 is 1.10 bits per heavy atom. The largest absolute Gasteiger partial charge is 0.322 e. The molecule has 0 aliphatic rings. The molecule has 2 aromatic carbocycles. The summed E-state index contributed by atoms with van der Waals surface area (Å²) in [5, 5.41) is 11.6. The van der Waals surface area contributed by atoms with E-state index in [-0.39, 0.29) is 11.8 Å². The highest BCUT2D eigenvalue weighted by Gasteiger charge is 2.11. The van der Waals surface area contributed by atoms with Gasteiger partial charge in [0, 0.05) is 29.1 Å². The molecule has 0 aliphatic carbocycles. The summed E-state index contributed by atoms with van der Waals surface area (Å²) in [6, 6.07) is 13.3. The van der Waals surface area contributed by atoms with Crippen molar-refractivity contribution < 1.29 is 9.59 Å². The van der Waals surface area contributed by atoms with Gasteiger partial charge in [0.25, 0.3) is 11.8 Å². The molecule has 154 valence electrons. The zero-order chi connectivity index (χ0) is 21.7. The van der Waals surface area contributed by atoms with Gasteiger partial charge >= 0.3 is 0 Å². The number of hydrazone groups is 1. The molecule has 8 heteroatoms. The highest BCUT2D eigenvalue weighted by molar-refractivity contribution is 6.34. The number of hydrogen-bond donors (Lipinski definition) is 2. The Balaban J connectivity index is 1.62. The van der Waals surface area contributed by atoms with Crippen LogP contribution in [0.2, 0.25) is 5.02 Å². The average Bonchev–Trinajstić information content (AvgIpc) is 3.02. The minimum Gasteiger partial charge on any atom is -0.322 e. The third-order valence-corrected chi connectivity index (χ3v) is 4.95. The number of rotatable bonds is 6. The van der Waals surface area contributed by atoms with Gasteiger partial charge in [-0.25, -0.2) is 5.43 Å². The van der Waals surface area contributed by atoms with Crippen molar-refractivity contribution in [2.75, 3.05) is 5.32 Å². The number of carbonyl (C=O) groups is 2. The lowest BCUT2D eigenvalue weighted by Gasteiger charge is -2.07. The van der Waals surface area contributed by atoms with Gasteiger partial charge in [-0.3, -0.25) is 14.3 Å². The van der Waals surface area contributed by atoms with E-state index in [0.717, 1.165) is 23.5 Å². The Labute approximate surface area is 179 Å². The molecule has 1 aromatic heterocycles. The SMILES string of the molecule is CCn1nc(C)c(/C=N\NC(=O)c2ccc(NC(=O)c3ccccc3Cl)cc2)c1C. The summed E-state index contributed by atoms with van der Waals surface area (Å²) in [6.07, 6.45) is 1.60. The van der Waals surface area contributed by atoms with Crippen LogP contribution in [0.5, 0.6) is 0 Å². The lowest BCUT2D eigenvalue weighted by Crippen LogP contribution is -2.18. The van der Waals surface area contributed by atoms with Crippen LogP contribution in [0, 0.1) is 13.8 Å². The molecule has 7 nitrogen and oxygen atoms in total. The fourth-order valence-corrected chi connectivity index (χ4v) is 3.20. The Morgan fingerprint density at radius 2 is 1.80 bits per heavy atom. The van der Waals surface area contributed by atoms with E-state index in [9.17, 15) is 9.59 Å². The van der Waals surface area contributed by atoms with Crippen molar-refractivity contribution in [2.45, 2.75) is 27.3 Å². The van der Waals surface area contributed by atoms with Crippen molar-refractivity contribution in [3.05, 3.63) is 81.6 Å². The van der Waals surface area contributed by atoms with Gasteiger partial charge in [0.05, 0.1) is 22.5 Å². The number of anilines is 1. The first-order chi connectivity index (χ1) is 14.4. The molecular weight excluding hydrogens is 402 g/mol. The Kier molecular flexibility index (Phi) is 6.64. The van der Waals surface area contributed by atoms with Crippen LogP contribution in [0.3, 0.4) is 0 Å². The number of aryl methyl sites for hydroxylation is 2. The standard InChI is InChI=1S/C22H22ClN5O2/c1-4-28-15(3)19(14(2)27-28)13-24-26-21(29)16-9-11-17(12-10-16)25-22(30)18-7-5-6-8-20(18)23/h5-13H,4H2,1-3H3,(H,25,30)(H,26,29)/b24-13-. The molecular formula is C22H22ClN5O2. The summed E-state index contributed by atoms with van der Waals surface area (Å²) in [5.74, 6) is -0.672. The summed E-state index contributed by atoms with van der Waals surface area (Å²) in [5.41, 5.74) is 6.59. The molecule has 0 unspecified atom stereocenters. The first kappa shape index (κ1) is 21.3. The Morgan fingerprint density at radius 3 is 2.43 bits per heavy atom. The molecule has 0 saturated heterocycles.